The van der Waals surface area contributed by atoms with Crippen molar-refractivity contribution in [2.45, 2.75) is 32.4 Å². The lowest BCUT2D eigenvalue weighted by Crippen LogP contribution is -2.55. The molecular formula is C15H23F2N3. The van der Waals surface area contributed by atoms with Crippen molar-refractivity contribution in [3.8, 4) is 0 Å². The molecule has 0 bridgehead atoms. The van der Waals surface area contributed by atoms with Gasteiger partial charge in [-0.25, -0.2) is 8.78 Å². The highest BCUT2D eigenvalue weighted by Gasteiger charge is 2.29. The maximum Gasteiger partial charge on any atom is 0.149 e. The van der Waals surface area contributed by atoms with Gasteiger partial charge in [0.2, 0.25) is 0 Å². The molecule has 1 heterocycles. The average molecular weight is 283 g/mol. The molecule has 1 aromatic rings. The third-order valence-electron chi connectivity index (χ3n) is 4.19. The highest BCUT2D eigenvalue weighted by molar-refractivity contribution is 5.51. The van der Waals surface area contributed by atoms with Crippen molar-refractivity contribution in [1.82, 2.24) is 4.90 Å². The maximum absolute atomic E-state index is 14.2. The predicted octanol–water partition coefficient (Wildman–Crippen LogP) is 1.99. The number of anilines is 1. The van der Waals surface area contributed by atoms with Crippen LogP contribution in [0, 0.1) is 11.6 Å². The normalized spacial score (nSPS) is 24.2. The van der Waals surface area contributed by atoms with E-state index in [2.05, 4.69) is 18.7 Å². The lowest BCUT2D eigenvalue weighted by molar-refractivity contribution is 0.169. The zero-order valence-corrected chi connectivity index (χ0v) is 12.4. The van der Waals surface area contributed by atoms with Gasteiger partial charge in [-0.3, -0.25) is 4.90 Å². The summed E-state index contributed by atoms with van der Waals surface area (Å²) in [6, 6.07) is 3.33. The molecule has 1 aliphatic rings. The van der Waals surface area contributed by atoms with Crippen molar-refractivity contribution in [1.29, 1.82) is 0 Å². The van der Waals surface area contributed by atoms with Crippen molar-refractivity contribution >= 4 is 5.69 Å². The van der Waals surface area contributed by atoms with Crippen LogP contribution in [0.1, 0.15) is 19.4 Å². The van der Waals surface area contributed by atoms with Crippen molar-refractivity contribution in [3.63, 3.8) is 0 Å². The number of likely N-dealkylation sites (N-methyl/N-ethyl adjacent to an activating group) is 1. The lowest BCUT2D eigenvalue weighted by atomic mass is 10.1. The molecule has 2 unspecified atom stereocenters. The van der Waals surface area contributed by atoms with Crippen molar-refractivity contribution in [3.05, 3.63) is 29.3 Å². The van der Waals surface area contributed by atoms with Crippen LogP contribution in [0.2, 0.25) is 0 Å². The molecule has 0 radical (unpaired) electrons. The molecule has 2 atom stereocenters. The van der Waals surface area contributed by atoms with Gasteiger partial charge in [-0.1, -0.05) is 0 Å². The largest absolute Gasteiger partial charge is 0.364 e. The van der Waals surface area contributed by atoms with Crippen LogP contribution < -0.4 is 10.6 Å². The first-order valence-corrected chi connectivity index (χ1v) is 7.09. The van der Waals surface area contributed by atoms with Crippen LogP contribution in [0.15, 0.2) is 12.1 Å². The minimum Gasteiger partial charge on any atom is -0.364 e. The van der Waals surface area contributed by atoms with Gasteiger partial charge in [-0.2, -0.15) is 0 Å². The summed E-state index contributed by atoms with van der Waals surface area (Å²) in [7, 11) is 2.05. The Morgan fingerprint density at radius 3 is 2.10 bits per heavy atom. The zero-order valence-electron chi connectivity index (χ0n) is 12.4. The Kier molecular flexibility index (Phi) is 4.60. The zero-order chi connectivity index (χ0) is 14.9. The quantitative estimate of drug-likeness (QED) is 0.921. The van der Waals surface area contributed by atoms with Crippen molar-refractivity contribution in [2.75, 3.05) is 31.6 Å². The van der Waals surface area contributed by atoms with E-state index in [0.29, 0.717) is 31.6 Å². The van der Waals surface area contributed by atoms with Gasteiger partial charge in [0, 0.05) is 25.2 Å². The van der Waals surface area contributed by atoms with Crippen LogP contribution in [0.25, 0.3) is 0 Å². The third kappa shape index (κ3) is 2.94. The van der Waals surface area contributed by atoms with E-state index in [-0.39, 0.29) is 17.8 Å². The second-order valence-electron chi connectivity index (χ2n) is 5.72. The highest BCUT2D eigenvalue weighted by Crippen LogP contribution is 2.28. The highest BCUT2D eigenvalue weighted by atomic mass is 19.1. The SMILES string of the molecule is CC1CN(c2c(F)cc(CCN)cc2F)CC(C)N1C. The molecule has 0 saturated carbocycles. The van der Waals surface area contributed by atoms with Crippen LogP contribution in [0.5, 0.6) is 0 Å². The van der Waals surface area contributed by atoms with Gasteiger partial charge in [0.15, 0.2) is 0 Å². The van der Waals surface area contributed by atoms with Gasteiger partial charge in [0.1, 0.15) is 17.3 Å². The minimum atomic E-state index is -0.489. The maximum atomic E-state index is 14.2. The Morgan fingerprint density at radius 2 is 1.65 bits per heavy atom. The molecule has 0 amide bonds. The first kappa shape index (κ1) is 15.2. The Balaban J connectivity index is 2.29. The topological polar surface area (TPSA) is 32.5 Å². The van der Waals surface area contributed by atoms with Gasteiger partial charge < -0.3 is 10.6 Å². The summed E-state index contributed by atoms with van der Waals surface area (Å²) >= 11 is 0. The Labute approximate surface area is 119 Å². The van der Waals surface area contributed by atoms with Gasteiger partial charge in [0.05, 0.1) is 0 Å². The number of halogens is 2. The lowest BCUT2D eigenvalue weighted by Gasteiger charge is -2.43. The van der Waals surface area contributed by atoms with Crippen LogP contribution in [0.4, 0.5) is 14.5 Å². The summed E-state index contributed by atoms with van der Waals surface area (Å²) in [5.74, 6) is -0.977. The number of piperazine rings is 1. The number of nitrogens with zero attached hydrogens (tertiary/aromatic N) is 2. The Bertz CT molecular complexity index is 443. The minimum absolute atomic E-state index is 0.0950. The molecule has 2 rings (SSSR count). The van der Waals surface area contributed by atoms with Crippen LogP contribution in [-0.4, -0.2) is 43.7 Å². The average Bonchev–Trinajstić information content (AvgIpc) is 2.35. The van der Waals surface area contributed by atoms with E-state index in [1.807, 2.05) is 11.9 Å². The summed E-state index contributed by atoms with van der Waals surface area (Å²) in [6.45, 7) is 5.79. The molecule has 112 valence electrons. The number of hydrogen-bond acceptors (Lipinski definition) is 3. The van der Waals surface area contributed by atoms with Gasteiger partial charge in [-0.05, 0) is 51.6 Å². The predicted molar refractivity (Wildman–Crippen MR) is 78.0 cm³/mol. The Hall–Kier alpha value is -1.20. The van der Waals surface area contributed by atoms with E-state index in [9.17, 15) is 8.78 Å². The third-order valence-corrected chi connectivity index (χ3v) is 4.19. The molecule has 1 aliphatic heterocycles. The number of nitrogens with two attached hydrogens (primary N) is 1. The molecule has 0 aromatic heterocycles. The van der Waals surface area contributed by atoms with E-state index in [4.69, 9.17) is 5.73 Å². The van der Waals surface area contributed by atoms with E-state index in [0.717, 1.165) is 0 Å². The first-order chi connectivity index (χ1) is 9.43. The molecule has 1 saturated heterocycles. The molecule has 1 fully saturated rings. The van der Waals surface area contributed by atoms with Gasteiger partial charge in [0.25, 0.3) is 0 Å². The van der Waals surface area contributed by atoms with Crippen LogP contribution in [0.3, 0.4) is 0 Å². The van der Waals surface area contributed by atoms with Gasteiger partial charge >= 0.3 is 0 Å². The molecule has 0 spiro atoms. The van der Waals surface area contributed by atoms with E-state index < -0.39 is 11.6 Å². The van der Waals surface area contributed by atoms with E-state index in [1.165, 1.54) is 12.1 Å². The second-order valence-corrected chi connectivity index (χ2v) is 5.72. The summed E-state index contributed by atoms with van der Waals surface area (Å²) < 4.78 is 28.5. The fraction of sp³-hybridized carbons (Fsp3) is 0.600. The molecule has 5 heteroatoms. The smallest absolute Gasteiger partial charge is 0.149 e. The number of rotatable bonds is 3. The number of hydrogen-bond donors (Lipinski definition) is 1. The molecular weight excluding hydrogens is 260 g/mol. The first-order valence-electron chi connectivity index (χ1n) is 7.09. The van der Waals surface area contributed by atoms with Crippen molar-refractivity contribution in [2.24, 2.45) is 5.73 Å². The molecule has 0 aliphatic carbocycles. The van der Waals surface area contributed by atoms with Crippen LogP contribution >= 0.6 is 0 Å². The monoisotopic (exact) mass is 283 g/mol. The summed E-state index contributed by atoms with van der Waals surface area (Å²) in [4.78, 5) is 4.04. The molecule has 1 aromatic carbocycles. The summed E-state index contributed by atoms with van der Waals surface area (Å²) in [5.41, 5.74) is 6.14. The fourth-order valence-electron chi connectivity index (χ4n) is 2.82. The number of benzene rings is 1. The van der Waals surface area contributed by atoms with Crippen molar-refractivity contribution < 1.29 is 8.78 Å². The summed E-state index contributed by atoms with van der Waals surface area (Å²) in [6.07, 6.45) is 0.490. The van der Waals surface area contributed by atoms with Gasteiger partial charge in [-0.15, -0.1) is 0 Å². The standard InChI is InChI=1S/C15H23F2N3/c1-10-8-20(9-11(2)19(10)3)15-13(16)6-12(4-5-18)7-14(15)17/h6-7,10-11H,4-5,8-9,18H2,1-3H3. The van der Waals surface area contributed by atoms with E-state index in [1.54, 1.807) is 0 Å². The van der Waals surface area contributed by atoms with Crippen LogP contribution in [-0.2, 0) is 6.42 Å². The molecule has 3 nitrogen and oxygen atoms in total. The molecule has 2 N–H and O–H groups in total. The van der Waals surface area contributed by atoms with E-state index >= 15 is 0 Å². The molecule has 20 heavy (non-hydrogen) atoms. The second kappa shape index (κ2) is 6.06. The Morgan fingerprint density at radius 1 is 1.15 bits per heavy atom. The fourth-order valence-corrected chi connectivity index (χ4v) is 2.82. The summed E-state index contributed by atoms with van der Waals surface area (Å²) in [5, 5.41) is 0.